The van der Waals surface area contributed by atoms with Crippen LogP contribution in [0.2, 0.25) is 0 Å². The van der Waals surface area contributed by atoms with Gasteiger partial charge in [-0.25, -0.2) is 4.79 Å². The molecule has 1 fully saturated rings. The smallest absolute Gasteiger partial charge is 0.498 e. The second-order valence-corrected chi connectivity index (χ2v) is 14.4. The van der Waals surface area contributed by atoms with E-state index in [-0.39, 0.29) is 31.7 Å². The standard InChI is InChI=1S/C38H49BN2O9/c1-36(2,3)48-33(43)23-40-30(21-25-14-17-28(42)18-15-25)34(44)41-31(35(45)47-24-26-12-10-9-11-13-26)22-27-16-19-32(46-8)29(20-27)39-49-37(4,5)38(6,7)50-39/h9-20,30-31,40,42H,21-24H2,1-8H3,(H,41,44)/t30-,31-/m0/s1. The fourth-order valence-electron chi connectivity index (χ4n) is 5.31. The summed E-state index contributed by atoms with van der Waals surface area (Å²) in [5, 5.41) is 15.7. The molecule has 0 bridgehead atoms. The second kappa shape index (κ2) is 16.1. The molecule has 12 heteroatoms. The fourth-order valence-corrected chi connectivity index (χ4v) is 5.31. The van der Waals surface area contributed by atoms with E-state index >= 15 is 0 Å². The van der Waals surface area contributed by atoms with Crippen molar-refractivity contribution in [2.75, 3.05) is 13.7 Å². The zero-order chi connectivity index (χ0) is 36.7. The van der Waals surface area contributed by atoms with E-state index < -0.39 is 53.9 Å². The Bertz CT molecular complexity index is 1610. The fraction of sp³-hybridized carbons (Fsp3) is 0.447. The number of amides is 1. The van der Waals surface area contributed by atoms with Gasteiger partial charge in [-0.3, -0.25) is 14.9 Å². The van der Waals surface area contributed by atoms with Crippen LogP contribution in [0.4, 0.5) is 0 Å². The molecule has 50 heavy (non-hydrogen) atoms. The lowest BCUT2D eigenvalue weighted by atomic mass is 9.77. The van der Waals surface area contributed by atoms with E-state index in [1.165, 1.54) is 12.1 Å². The summed E-state index contributed by atoms with van der Waals surface area (Å²) in [4.78, 5) is 40.3. The zero-order valence-corrected chi connectivity index (χ0v) is 30.2. The van der Waals surface area contributed by atoms with Crippen LogP contribution in [-0.2, 0) is 52.6 Å². The molecule has 0 aromatic heterocycles. The molecule has 1 aliphatic heterocycles. The highest BCUT2D eigenvalue weighted by molar-refractivity contribution is 6.63. The predicted octanol–water partition coefficient (Wildman–Crippen LogP) is 4.01. The maximum Gasteiger partial charge on any atom is 0.498 e. The minimum atomic E-state index is -1.10. The van der Waals surface area contributed by atoms with Crippen molar-refractivity contribution < 1.29 is 43.0 Å². The molecule has 1 heterocycles. The highest BCUT2D eigenvalue weighted by Crippen LogP contribution is 2.37. The highest BCUT2D eigenvalue weighted by Gasteiger charge is 2.52. The lowest BCUT2D eigenvalue weighted by Crippen LogP contribution is -2.53. The number of benzene rings is 3. The third kappa shape index (κ3) is 10.6. The first-order chi connectivity index (χ1) is 23.5. The van der Waals surface area contributed by atoms with Gasteiger partial charge in [0.15, 0.2) is 0 Å². The van der Waals surface area contributed by atoms with Crippen molar-refractivity contribution in [2.24, 2.45) is 0 Å². The van der Waals surface area contributed by atoms with Crippen LogP contribution in [-0.4, -0.2) is 72.6 Å². The summed E-state index contributed by atoms with van der Waals surface area (Å²) in [5.74, 6) is -1.06. The summed E-state index contributed by atoms with van der Waals surface area (Å²) < 4.78 is 29.4. The SMILES string of the molecule is COc1ccc(C[C@H](NC(=O)[C@H](Cc2ccc(O)cc2)NCC(=O)OC(C)(C)C)C(=O)OCc2ccccc2)cc1B1OC(C)(C)C(C)(C)O1. The number of nitrogens with one attached hydrogen (secondary N) is 2. The molecule has 0 aliphatic carbocycles. The van der Waals surface area contributed by atoms with Gasteiger partial charge in [-0.1, -0.05) is 54.6 Å². The van der Waals surface area contributed by atoms with Gasteiger partial charge in [-0.15, -0.1) is 0 Å². The monoisotopic (exact) mass is 688 g/mol. The number of aromatic hydroxyl groups is 1. The summed E-state index contributed by atoms with van der Waals surface area (Å²) in [5.41, 5.74) is 0.987. The van der Waals surface area contributed by atoms with Crippen LogP contribution in [0, 0.1) is 0 Å². The molecular formula is C38H49BN2O9. The van der Waals surface area contributed by atoms with E-state index in [4.69, 9.17) is 23.5 Å². The topological polar surface area (TPSA) is 142 Å². The Labute approximate surface area is 295 Å². The number of phenolic OH excluding ortho intramolecular Hbond substituents is 1. The molecule has 3 aromatic carbocycles. The van der Waals surface area contributed by atoms with Crippen molar-refractivity contribution in [2.45, 2.75) is 96.8 Å². The van der Waals surface area contributed by atoms with E-state index in [2.05, 4.69) is 10.6 Å². The molecule has 0 spiro atoms. The van der Waals surface area contributed by atoms with Crippen molar-refractivity contribution in [1.82, 2.24) is 10.6 Å². The minimum absolute atomic E-state index is 0.0155. The van der Waals surface area contributed by atoms with Gasteiger partial charge in [0.2, 0.25) is 5.91 Å². The lowest BCUT2D eigenvalue weighted by Gasteiger charge is -2.32. The van der Waals surface area contributed by atoms with Crippen LogP contribution in [0.15, 0.2) is 72.8 Å². The Morgan fingerprint density at radius 3 is 2.04 bits per heavy atom. The molecule has 11 nitrogen and oxygen atoms in total. The largest absolute Gasteiger partial charge is 0.508 e. The summed E-state index contributed by atoms with van der Waals surface area (Å²) in [6.45, 7) is 12.9. The van der Waals surface area contributed by atoms with Gasteiger partial charge in [-0.05, 0) is 89.8 Å². The molecule has 4 rings (SSSR count). The van der Waals surface area contributed by atoms with Crippen LogP contribution in [0.1, 0.15) is 65.2 Å². The van der Waals surface area contributed by atoms with Crippen molar-refractivity contribution >= 4 is 30.4 Å². The number of hydrogen-bond acceptors (Lipinski definition) is 10. The first kappa shape index (κ1) is 38.4. The highest BCUT2D eigenvalue weighted by atomic mass is 16.7. The van der Waals surface area contributed by atoms with E-state index in [1.54, 1.807) is 46.1 Å². The molecule has 1 saturated heterocycles. The van der Waals surface area contributed by atoms with Gasteiger partial charge in [0.25, 0.3) is 0 Å². The van der Waals surface area contributed by atoms with E-state index in [0.717, 1.165) is 11.1 Å². The summed E-state index contributed by atoms with van der Waals surface area (Å²) >= 11 is 0. The second-order valence-electron chi connectivity index (χ2n) is 14.4. The van der Waals surface area contributed by atoms with Gasteiger partial charge in [-0.2, -0.15) is 0 Å². The molecule has 2 atom stereocenters. The number of esters is 2. The van der Waals surface area contributed by atoms with Gasteiger partial charge in [0.05, 0.1) is 30.9 Å². The van der Waals surface area contributed by atoms with E-state index in [9.17, 15) is 19.5 Å². The lowest BCUT2D eigenvalue weighted by molar-refractivity contribution is -0.154. The third-order valence-corrected chi connectivity index (χ3v) is 8.67. The zero-order valence-electron chi connectivity index (χ0n) is 30.2. The van der Waals surface area contributed by atoms with Crippen molar-refractivity contribution in [1.29, 1.82) is 0 Å². The number of phenols is 1. The van der Waals surface area contributed by atoms with Gasteiger partial charge in [0, 0.05) is 11.9 Å². The average molecular weight is 689 g/mol. The van der Waals surface area contributed by atoms with Gasteiger partial charge >= 0.3 is 19.1 Å². The summed E-state index contributed by atoms with van der Waals surface area (Å²) in [6.07, 6.45) is 0.239. The molecule has 1 amide bonds. The third-order valence-electron chi connectivity index (χ3n) is 8.67. The Balaban J connectivity index is 1.61. The maximum absolute atomic E-state index is 14.0. The van der Waals surface area contributed by atoms with Crippen LogP contribution in [0.5, 0.6) is 11.5 Å². The number of carbonyl (C=O) groups excluding carboxylic acids is 3. The van der Waals surface area contributed by atoms with E-state index in [1.807, 2.05) is 70.2 Å². The molecule has 3 N–H and O–H groups in total. The number of hydrogen-bond donors (Lipinski definition) is 3. The Morgan fingerprint density at radius 2 is 1.44 bits per heavy atom. The van der Waals surface area contributed by atoms with Gasteiger partial charge in [0.1, 0.15) is 29.7 Å². The Hall–Kier alpha value is -4.39. The molecule has 3 aromatic rings. The van der Waals surface area contributed by atoms with Crippen molar-refractivity contribution in [3.63, 3.8) is 0 Å². The number of rotatable bonds is 14. The van der Waals surface area contributed by atoms with Crippen LogP contribution >= 0.6 is 0 Å². The maximum atomic E-state index is 14.0. The quantitative estimate of drug-likeness (QED) is 0.168. The van der Waals surface area contributed by atoms with Crippen molar-refractivity contribution in [3.05, 3.63) is 89.5 Å². The minimum Gasteiger partial charge on any atom is -0.508 e. The number of methoxy groups -OCH3 is 1. The van der Waals surface area contributed by atoms with Crippen molar-refractivity contribution in [3.8, 4) is 11.5 Å². The first-order valence-corrected chi connectivity index (χ1v) is 16.7. The molecular weight excluding hydrogens is 639 g/mol. The first-order valence-electron chi connectivity index (χ1n) is 16.7. The molecule has 0 unspecified atom stereocenters. The summed E-state index contributed by atoms with van der Waals surface area (Å²) in [6, 6.07) is 19.1. The van der Waals surface area contributed by atoms with Crippen LogP contribution < -0.4 is 20.8 Å². The molecule has 1 aliphatic rings. The molecule has 0 saturated carbocycles. The molecule has 268 valence electrons. The average Bonchev–Trinajstić information content (AvgIpc) is 3.27. The Morgan fingerprint density at radius 1 is 0.840 bits per heavy atom. The molecule has 0 radical (unpaired) electrons. The van der Waals surface area contributed by atoms with Crippen LogP contribution in [0.3, 0.4) is 0 Å². The predicted molar refractivity (Wildman–Crippen MR) is 190 cm³/mol. The number of carbonyl (C=O) groups is 3. The number of ether oxygens (including phenoxy) is 3. The normalized spacial score (nSPS) is 16.3. The van der Waals surface area contributed by atoms with Gasteiger partial charge < -0.3 is 33.9 Å². The van der Waals surface area contributed by atoms with Crippen LogP contribution in [0.25, 0.3) is 0 Å². The summed E-state index contributed by atoms with van der Waals surface area (Å²) in [7, 11) is 0.839. The van der Waals surface area contributed by atoms with E-state index in [0.29, 0.717) is 16.8 Å². The Kier molecular flexibility index (Phi) is 12.4.